The zero-order valence-corrected chi connectivity index (χ0v) is 19.3. The molecule has 0 bridgehead atoms. The van der Waals surface area contributed by atoms with Crippen molar-refractivity contribution in [3.05, 3.63) is 48.0 Å². The molecular weight excluding hydrogens is 476 g/mol. The highest BCUT2D eigenvalue weighted by Crippen LogP contribution is 2.12. The SMILES string of the molecule is CC(N)C(=O)NC(Cc1ccc(O)cc1)C(=O)NC(Cc1cnc[nH]1)C(=O)NC(CC(=O)O)C(=O)O. The van der Waals surface area contributed by atoms with Crippen LogP contribution >= 0.6 is 0 Å². The second-order valence-corrected chi connectivity index (χ2v) is 8.06. The second kappa shape index (κ2) is 12.9. The number of nitrogens with one attached hydrogen (secondary N) is 4. The van der Waals surface area contributed by atoms with E-state index in [0.29, 0.717) is 11.3 Å². The Morgan fingerprint density at radius 1 is 0.917 bits per heavy atom. The number of nitrogens with zero attached hydrogens (tertiary/aromatic N) is 1. The summed E-state index contributed by atoms with van der Waals surface area (Å²) in [4.78, 5) is 67.3. The number of hydrogen-bond acceptors (Lipinski definition) is 8. The van der Waals surface area contributed by atoms with Gasteiger partial charge in [0.15, 0.2) is 0 Å². The molecule has 14 heteroatoms. The predicted octanol–water partition coefficient (Wildman–Crippen LogP) is -1.74. The number of carboxylic acids is 2. The molecule has 0 saturated heterocycles. The fourth-order valence-electron chi connectivity index (χ4n) is 3.13. The number of H-pyrrole nitrogens is 1. The number of carboxylic acid groups (broad SMARTS) is 2. The molecule has 4 unspecified atom stereocenters. The van der Waals surface area contributed by atoms with Gasteiger partial charge in [-0.25, -0.2) is 9.78 Å². The molecule has 2 rings (SSSR count). The van der Waals surface area contributed by atoms with Gasteiger partial charge in [-0.2, -0.15) is 0 Å². The Balaban J connectivity index is 2.27. The first-order valence-corrected chi connectivity index (χ1v) is 10.8. The maximum Gasteiger partial charge on any atom is 0.326 e. The van der Waals surface area contributed by atoms with E-state index in [-0.39, 0.29) is 18.6 Å². The van der Waals surface area contributed by atoms with Gasteiger partial charge in [0.2, 0.25) is 17.7 Å². The zero-order chi connectivity index (χ0) is 26.8. The molecule has 9 N–H and O–H groups in total. The van der Waals surface area contributed by atoms with E-state index >= 15 is 0 Å². The third kappa shape index (κ3) is 8.72. The van der Waals surface area contributed by atoms with E-state index < -0.39 is 60.2 Å². The van der Waals surface area contributed by atoms with Gasteiger partial charge < -0.3 is 42.0 Å². The van der Waals surface area contributed by atoms with Gasteiger partial charge in [-0.15, -0.1) is 0 Å². The first-order chi connectivity index (χ1) is 17.0. The smallest absolute Gasteiger partial charge is 0.326 e. The van der Waals surface area contributed by atoms with Gasteiger partial charge in [-0.05, 0) is 24.6 Å². The van der Waals surface area contributed by atoms with Crippen LogP contribution in [-0.2, 0) is 36.8 Å². The maximum absolute atomic E-state index is 13.2. The Kier molecular flexibility index (Phi) is 9.92. The zero-order valence-electron chi connectivity index (χ0n) is 19.3. The number of phenols is 1. The lowest BCUT2D eigenvalue weighted by Crippen LogP contribution is -2.58. The van der Waals surface area contributed by atoms with Gasteiger partial charge in [0, 0.05) is 24.7 Å². The first-order valence-electron chi connectivity index (χ1n) is 10.8. The highest BCUT2D eigenvalue weighted by Gasteiger charge is 2.31. The van der Waals surface area contributed by atoms with Crippen molar-refractivity contribution >= 4 is 29.7 Å². The van der Waals surface area contributed by atoms with Crippen molar-refractivity contribution in [2.75, 3.05) is 0 Å². The topological polar surface area (TPSA) is 237 Å². The maximum atomic E-state index is 13.2. The summed E-state index contributed by atoms with van der Waals surface area (Å²) in [5.74, 6) is -5.35. The van der Waals surface area contributed by atoms with Gasteiger partial charge in [-0.3, -0.25) is 19.2 Å². The van der Waals surface area contributed by atoms with Crippen LogP contribution in [0.15, 0.2) is 36.8 Å². The van der Waals surface area contributed by atoms with Crippen molar-refractivity contribution in [1.29, 1.82) is 0 Å². The van der Waals surface area contributed by atoms with E-state index in [9.17, 15) is 34.2 Å². The first kappa shape index (κ1) is 27.8. The molecule has 14 nitrogen and oxygen atoms in total. The van der Waals surface area contributed by atoms with E-state index in [0.717, 1.165) is 0 Å². The van der Waals surface area contributed by atoms with Crippen molar-refractivity contribution < 1.29 is 39.3 Å². The fourth-order valence-corrected chi connectivity index (χ4v) is 3.13. The van der Waals surface area contributed by atoms with Gasteiger partial charge in [0.25, 0.3) is 0 Å². The summed E-state index contributed by atoms with van der Waals surface area (Å²) in [5, 5.41) is 34.8. The Morgan fingerprint density at radius 3 is 1.97 bits per heavy atom. The molecule has 0 spiro atoms. The van der Waals surface area contributed by atoms with E-state index in [2.05, 4.69) is 25.9 Å². The second-order valence-electron chi connectivity index (χ2n) is 8.06. The summed E-state index contributed by atoms with van der Waals surface area (Å²) in [5.41, 5.74) is 6.61. The number of phenolic OH excluding ortho intramolecular Hbond substituents is 1. The number of aromatic nitrogens is 2. The molecule has 0 aliphatic rings. The van der Waals surface area contributed by atoms with Crippen LogP contribution in [0.3, 0.4) is 0 Å². The van der Waals surface area contributed by atoms with Crippen LogP contribution in [0.5, 0.6) is 5.75 Å². The lowest BCUT2D eigenvalue weighted by atomic mass is 10.0. The highest BCUT2D eigenvalue weighted by molar-refractivity contribution is 5.94. The minimum absolute atomic E-state index is 0.00463. The van der Waals surface area contributed by atoms with Crippen molar-refractivity contribution in [2.24, 2.45) is 5.73 Å². The monoisotopic (exact) mass is 504 g/mol. The number of nitrogens with two attached hydrogens (primary N) is 1. The molecule has 194 valence electrons. The minimum Gasteiger partial charge on any atom is -0.508 e. The normalized spacial score (nSPS) is 14.1. The van der Waals surface area contributed by atoms with Gasteiger partial charge >= 0.3 is 11.9 Å². The third-order valence-corrected chi connectivity index (χ3v) is 5.03. The number of carbonyl (C=O) groups is 5. The van der Waals surface area contributed by atoms with Crippen molar-refractivity contribution in [3.8, 4) is 5.75 Å². The van der Waals surface area contributed by atoms with Crippen LogP contribution in [0.25, 0.3) is 0 Å². The Hall–Kier alpha value is -4.46. The standard InChI is InChI=1S/C22H28N6O8/c1-11(23)19(32)26-15(6-12-2-4-14(29)5-3-12)20(33)27-16(7-13-9-24-10-25-13)21(34)28-17(22(35)36)8-18(30)31/h2-5,9-11,15-17,29H,6-8,23H2,1H3,(H,24,25)(H,26,32)(H,27,33)(H,28,34)(H,30,31)(H,35,36). The summed E-state index contributed by atoms with van der Waals surface area (Å²) >= 11 is 0. The van der Waals surface area contributed by atoms with Crippen LogP contribution in [-0.4, -0.2) is 79.1 Å². The number of hydrogen-bond donors (Lipinski definition) is 8. The molecule has 0 radical (unpaired) electrons. The molecule has 0 aliphatic heterocycles. The fraction of sp³-hybridized carbons (Fsp3) is 0.364. The number of carbonyl (C=O) groups excluding carboxylic acids is 3. The van der Waals surface area contributed by atoms with Crippen LogP contribution in [0.1, 0.15) is 24.6 Å². The van der Waals surface area contributed by atoms with Crippen molar-refractivity contribution in [2.45, 2.75) is 50.4 Å². The molecule has 0 saturated carbocycles. The largest absolute Gasteiger partial charge is 0.508 e. The van der Waals surface area contributed by atoms with E-state index in [4.69, 9.17) is 10.8 Å². The highest BCUT2D eigenvalue weighted by atomic mass is 16.4. The summed E-state index contributed by atoms with van der Waals surface area (Å²) < 4.78 is 0. The molecular formula is C22H28N6O8. The molecule has 1 heterocycles. The Labute approximate surface area is 205 Å². The van der Waals surface area contributed by atoms with Crippen molar-refractivity contribution in [3.63, 3.8) is 0 Å². The molecule has 36 heavy (non-hydrogen) atoms. The summed E-state index contributed by atoms with van der Waals surface area (Å²) in [6, 6.07) is 0.708. The van der Waals surface area contributed by atoms with Crippen LogP contribution in [0, 0.1) is 0 Å². The quantitative estimate of drug-likeness (QED) is 0.153. The van der Waals surface area contributed by atoms with Crippen LogP contribution in [0.2, 0.25) is 0 Å². The molecule has 0 aliphatic carbocycles. The molecule has 4 atom stereocenters. The minimum atomic E-state index is -1.73. The summed E-state index contributed by atoms with van der Waals surface area (Å²) in [6.45, 7) is 1.42. The molecule has 3 amide bonds. The molecule has 0 fully saturated rings. The van der Waals surface area contributed by atoms with Crippen LogP contribution in [0.4, 0.5) is 0 Å². The number of amides is 3. The van der Waals surface area contributed by atoms with Gasteiger partial charge in [0.05, 0.1) is 18.8 Å². The average Bonchev–Trinajstić information content (AvgIpc) is 3.31. The van der Waals surface area contributed by atoms with E-state index in [1.54, 1.807) is 12.1 Å². The number of rotatable bonds is 13. The van der Waals surface area contributed by atoms with E-state index in [1.165, 1.54) is 31.6 Å². The average molecular weight is 505 g/mol. The van der Waals surface area contributed by atoms with Crippen LogP contribution < -0.4 is 21.7 Å². The number of benzene rings is 1. The number of aromatic amines is 1. The number of imidazole rings is 1. The summed E-state index contributed by atoms with van der Waals surface area (Å²) in [6.07, 6.45) is 1.71. The van der Waals surface area contributed by atoms with Gasteiger partial charge in [-0.1, -0.05) is 12.1 Å². The predicted molar refractivity (Wildman–Crippen MR) is 123 cm³/mol. The van der Waals surface area contributed by atoms with E-state index in [1.807, 2.05) is 0 Å². The number of aromatic hydroxyl groups is 1. The Morgan fingerprint density at radius 2 is 1.47 bits per heavy atom. The Bertz CT molecular complexity index is 1070. The lowest BCUT2D eigenvalue weighted by molar-refractivity contribution is -0.147. The van der Waals surface area contributed by atoms with Crippen molar-refractivity contribution in [1.82, 2.24) is 25.9 Å². The molecule has 1 aromatic carbocycles. The number of aliphatic carboxylic acids is 2. The third-order valence-electron chi connectivity index (χ3n) is 5.03. The van der Waals surface area contributed by atoms with Gasteiger partial charge in [0.1, 0.15) is 23.9 Å². The lowest BCUT2D eigenvalue weighted by Gasteiger charge is -2.24. The molecule has 1 aromatic heterocycles. The molecule has 2 aromatic rings. The summed E-state index contributed by atoms with van der Waals surface area (Å²) in [7, 11) is 0.